The zero-order chi connectivity index (χ0) is 9.52. The van der Waals surface area contributed by atoms with Gasteiger partial charge in [0.15, 0.2) is 0 Å². The lowest BCUT2D eigenvalue weighted by molar-refractivity contribution is 0.663. The van der Waals surface area contributed by atoms with E-state index in [-0.39, 0.29) is 0 Å². The van der Waals surface area contributed by atoms with Crippen LogP contribution in [-0.2, 0) is 6.54 Å². The molecule has 1 aromatic heterocycles. The summed E-state index contributed by atoms with van der Waals surface area (Å²) in [5.74, 6) is 2.64. The van der Waals surface area contributed by atoms with Gasteiger partial charge in [0.1, 0.15) is 0 Å². The highest BCUT2D eigenvalue weighted by Crippen LogP contribution is 2.14. The summed E-state index contributed by atoms with van der Waals surface area (Å²) >= 11 is 1.81. The Kier molecular flexibility index (Phi) is 4.59. The van der Waals surface area contributed by atoms with Crippen molar-refractivity contribution in [1.82, 2.24) is 5.32 Å². The average Bonchev–Trinajstić information content (AvgIpc) is 2.52. The lowest BCUT2D eigenvalue weighted by atomic mass is 10.3. The molecule has 0 saturated heterocycles. The fourth-order valence-electron chi connectivity index (χ4n) is 1.10. The molecule has 1 heterocycles. The van der Waals surface area contributed by atoms with Gasteiger partial charge in [0, 0.05) is 17.8 Å². The number of aryl methyl sites for hydroxylation is 1. The van der Waals surface area contributed by atoms with Crippen molar-refractivity contribution in [3.8, 4) is 12.3 Å². The Balaban J connectivity index is 2.14. The van der Waals surface area contributed by atoms with E-state index in [1.807, 2.05) is 11.3 Å². The maximum atomic E-state index is 5.15. The number of thiophene rings is 1. The molecule has 0 unspecified atom stereocenters. The van der Waals surface area contributed by atoms with E-state index in [0.717, 1.165) is 25.9 Å². The minimum absolute atomic E-state index is 0.871. The fraction of sp³-hybridized carbons (Fsp3) is 0.455. The van der Waals surface area contributed by atoms with Gasteiger partial charge in [-0.05, 0) is 36.9 Å². The molecule has 0 amide bonds. The highest BCUT2D eigenvalue weighted by Gasteiger charge is 1.97. The van der Waals surface area contributed by atoms with Crippen molar-refractivity contribution in [1.29, 1.82) is 0 Å². The van der Waals surface area contributed by atoms with Gasteiger partial charge in [-0.15, -0.1) is 23.7 Å². The van der Waals surface area contributed by atoms with Gasteiger partial charge in [0.05, 0.1) is 0 Å². The molecule has 0 aliphatic rings. The molecule has 0 saturated carbocycles. The van der Waals surface area contributed by atoms with Crippen molar-refractivity contribution >= 4 is 11.3 Å². The lowest BCUT2D eigenvalue weighted by Gasteiger charge is -2.01. The smallest absolute Gasteiger partial charge is 0.0302 e. The number of hydrogen-bond donors (Lipinski definition) is 1. The van der Waals surface area contributed by atoms with Crippen LogP contribution in [0.5, 0.6) is 0 Å². The van der Waals surface area contributed by atoms with Gasteiger partial charge in [-0.3, -0.25) is 0 Å². The standard InChI is InChI=1S/C11H15NS/c1-3-4-5-7-12-9-11-10(2)6-8-13-11/h1,6,8,12H,4-5,7,9H2,2H3. The molecular formula is C11H15NS. The van der Waals surface area contributed by atoms with Crippen LogP contribution in [0.25, 0.3) is 0 Å². The maximum Gasteiger partial charge on any atom is 0.0302 e. The van der Waals surface area contributed by atoms with Crippen LogP contribution in [0.2, 0.25) is 0 Å². The second kappa shape index (κ2) is 5.80. The van der Waals surface area contributed by atoms with Gasteiger partial charge in [-0.1, -0.05) is 0 Å². The summed E-state index contributed by atoms with van der Waals surface area (Å²) in [6, 6.07) is 2.16. The molecule has 2 heteroatoms. The Morgan fingerprint density at radius 3 is 3.08 bits per heavy atom. The largest absolute Gasteiger partial charge is 0.312 e. The van der Waals surface area contributed by atoms with E-state index in [0.29, 0.717) is 0 Å². The van der Waals surface area contributed by atoms with Gasteiger partial charge < -0.3 is 5.32 Å². The molecule has 1 aromatic rings. The van der Waals surface area contributed by atoms with Crippen LogP contribution in [0.15, 0.2) is 11.4 Å². The van der Waals surface area contributed by atoms with E-state index in [9.17, 15) is 0 Å². The maximum absolute atomic E-state index is 5.15. The Morgan fingerprint density at radius 2 is 2.46 bits per heavy atom. The minimum atomic E-state index is 0.871. The molecule has 13 heavy (non-hydrogen) atoms. The van der Waals surface area contributed by atoms with E-state index < -0.39 is 0 Å². The van der Waals surface area contributed by atoms with E-state index >= 15 is 0 Å². The summed E-state index contributed by atoms with van der Waals surface area (Å²) in [6.07, 6.45) is 7.10. The Morgan fingerprint density at radius 1 is 1.62 bits per heavy atom. The topological polar surface area (TPSA) is 12.0 Å². The molecule has 0 atom stereocenters. The van der Waals surface area contributed by atoms with Crippen molar-refractivity contribution in [2.75, 3.05) is 6.54 Å². The Hall–Kier alpha value is -0.780. The molecular weight excluding hydrogens is 178 g/mol. The minimum Gasteiger partial charge on any atom is -0.312 e. The van der Waals surface area contributed by atoms with Crippen LogP contribution in [0.4, 0.5) is 0 Å². The molecule has 0 spiro atoms. The zero-order valence-corrected chi connectivity index (χ0v) is 8.79. The summed E-state index contributed by atoms with van der Waals surface area (Å²) in [7, 11) is 0. The summed E-state index contributed by atoms with van der Waals surface area (Å²) in [5, 5.41) is 5.51. The van der Waals surface area contributed by atoms with Crippen molar-refractivity contribution in [2.24, 2.45) is 0 Å². The van der Waals surface area contributed by atoms with E-state index in [4.69, 9.17) is 6.42 Å². The predicted molar refractivity (Wildman–Crippen MR) is 58.8 cm³/mol. The van der Waals surface area contributed by atoms with Gasteiger partial charge >= 0.3 is 0 Å². The number of unbranched alkanes of at least 4 members (excludes halogenated alkanes) is 1. The van der Waals surface area contributed by atoms with Gasteiger partial charge in [0.2, 0.25) is 0 Å². The average molecular weight is 193 g/mol. The van der Waals surface area contributed by atoms with Crippen LogP contribution in [-0.4, -0.2) is 6.54 Å². The molecule has 0 aromatic carbocycles. The lowest BCUT2D eigenvalue weighted by Crippen LogP contribution is -2.14. The van der Waals surface area contributed by atoms with Crippen LogP contribution >= 0.6 is 11.3 Å². The Bertz CT molecular complexity index is 283. The molecule has 0 aliphatic carbocycles. The van der Waals surface area contributed by atoms with Crippen molar-refractivity contribution < 1.29 is 0 Å². The molecule has 0 aliphatic heterocycles. The van der Waals surface area contributed by atoms with Gasteiger partial charge in [0.25, 0.3) is 0 Å². The molecule has 70 valence electrons. The first-order chi connectivity index (χ1) is 6.34. The first kappa shape index (κ1) is 10.3. The van der Waals surface area contributed by atoms with Crippen molar-refractivity contribution in [2.45, 2.75) is 26.3 Å². The third-order valence-corrected chi connectivity index (χ3v) is 2.95. The van der Waals surface area contributed by atoms with Crippen LogP contribution in [0.1, 0.15) is 23.3 Å². The molecule has 1 rings (SSSR count). The quantitative estimate of drug-likeness (QED) is 0.560. The van der Waals surface area contributed by atoms with Crippen LogP contribution < -0.4 is 5.32 Å². The first-order valence-corrected chi connectivity index (χ1v) is 5.39. The highest BCUT2D eigenvalue weighted by molar-refractivity contribution is 7.10. The Labute approximate surface area is 84.2 Å². The number of nitrogens with one attached hydrogen (secondary N) is 1. The van der Waals surface area contributed by atoms with Crippen LogP contribution in [0.3, 0.4) is 0 Å². The summed E-state index contributed by atoms with van der Waals surface area (Å²) in [6.45, 7) is 4.14. The number of rotatable bonds is 5. The molecule has 0 radical (unpaired) electrons. The SMILES string of the molecule is C#CCCCNCc1sccc1C. The molecule has 0 fully saturated rings. The molecule has 0 bridgehead atoms. The molecule has 1 nitrogen and oxygen atoms in total. The van der Waals surface area contributed by atoms with Crippen LogP contribution in [0, 0.1) is 19.3 Å². The summed E-state index contributed by atoms with van der Waals surface area (Å²) in [4.78, 5) is 1.43. The third-order valence-electron chi connectivity index (χ3n) is 1.93. The van der Waals surface area contributed by atoms with Gasteiger partial charge in [-0.25, -0.2) is 0 Å². The monoisotopic (exact) mass is 193 g/mol. The first-order valence-electron chi connectivity index (χ1n) is 4.51. The second-order valence-corrected chi connectivity index (χ2v) is 4.01. The fourth-order valence-corrected chi connectivity index (χ4v) is 1.98. The van der Waals surface area contributed by atoms with E-state index in [1.165, 1.54) is 10.4 Å². The zero-order valence-electron chi connectivity index (χ0n) is 7.97. The predicted octanol–water partition coefficient (Wildman–Crippen LogP) is 2.56. The third kappa shape index (κ3) is 3.63. The molecule has 1 N–H and O–H groups in total. The van der Waals surface area contributed by atoms with E-state index in [1.54, 1.807) is 0 Å². The van der Waals surface area contributed by atoms with Crippen molar-refractivity contribution in [3.63, 3.8) is 0 Å². The van der Waals surface area contributed by atoms with Crippen molar-refractivity contribution in [3.05, 3.63) is 21.9 Å². The summed E-state index contributed by atoms with van der Waals surface area (Å²) < 4.78 is 0. The second-order valence-electron chi connectivity index (χ2n) is 3.01. The normalized spacial score (nSPS) is 9.85. The number of terminal acetylenes is 1. The number of hydrogen-bond acceptors (Lipinski definition) is 2. The van der Waals surface area contributed by atoms with E-state index in [2.05, 4.69) is 29.6 Å². The highest BCUT2D eigenvalue weighted by atomic mass is 32.1. The summed E-state index contributed by atoms with van der Waals surface area (Å²) in [5.41, 5.74) is 1.38. The van der Waals surface area contributed by atoms with Gasteiger partial charge in [-0.2, -0.15) is 0 Å².